The lowest BCUT2D eigenvalue weighted by Crippen LogP contribution is -2.35. The van der Waals surface area contributed by atoms with E-state index in [9.17, 15) is 0 Å². The van der Waals surface area contributed by atoms with Crippen molar-refractivity contribution in [3.05, 3.63) is 23.5 Å². The summed E-state index contributed by atoms with van der Waals surface area (Å²) in [6, 6.07) is 0. The highest BCUT2D eigenvalue weighted by molar-refractivity contribution is 5.58. The van der Waals surface area contributed by atoms with Gasteiger partial charge in [-0.3, -0.25) is 0 Å². The predicted molar refractivity (Wildman–Crippen MR) is 76.7 cm³/mol. The molecule has 0 atom stereocenters. The molecule has 0 aromatic carbocycles. The van der Waals surface area contributed by atoms with E-state index in [0.29, 0.717) is 0 Å². The Morgan fingerprint density at radius 3 is 2.90 bits per heavy atom. The highest BCUT2D eigenvalue weighted by Crippen LogP contribution is 2.26. The van der Waals surface area contributed by atoms with Crippen molar-refractivity contribution < 1.29 is 0 Å². The van der Waals surface area contributed by atoms with Crippen molar-refractivity contribution >= 4 is 11.6 Å². The van der Waals surface area contributed by atoms with Crippen LogP contribution in [0.4, 0.5) is 11.6 Å². The van der Waals surface area contributed by atoms with Gasteiger partial charge in [-0.25, -0.2) is 9.97 Å². The number of aromatic nitrogens is 5. The third kappa shape index (κ3) is 2.19. The van der Waals surface area contributed by atoms with Gasteiger partial charge in [-0.2, -0.15) is 0 Å². The van der Waals surface area contributed by atoms with Gasteiger partial charge in [-0.15, -0.1) is 10.2 Å². The van der Waals surface area contributed by atoms with Gasteiger partial charge in [-0.05, 0) is 20.8 Å². The van der Waals surface area contributed by atoms with E-state index in [0.717, 1.165) is 55.0 Å². The fourth-order valence-corrected chi connectivity index (χ4v) is 2.51. The van der Waals surface area contributed by atoms with Crippen molar-refractivity contribution in [1.82, 2.24) is 24.7 Å². The maximum atomic E-state index is 4.61. The van der Waals surface area contributed by atoms with Crippen molar-refractivity contribution in [2.45, 2.75) is 33.9 Å². The van der Waals surface area contributed by atoms with Crippen LogP contribution in [0, 0.1) is 13.8 Å². The molecule has 1 N–H and O–H groups in total. The minimum absolute atomic E-state index is 0.739. The van der Waals surface area contributed by atoms with Gasteiger partial charge >= 0.3 is 0 Å². The quantitative estimate of drug-likeness (QED) is 0.904. The lowest BCUT2D eigenvalue weighted by atomic mass is 10.2. The van der Waals surface area contributed by atoms with Gasteiger partial charge in [-0.1, -0.05) is 0 Å². The molecular weight excluding hydrogens is 254 g/mol. The number of nitrogens with one attached hydrogen (secondary N) is 1. The minimum atomic E-state index is 0.739. The van der Waals surface area contributed by atoms with Crippen LogP contribution in [0.3, 0.4) is 0 Å². The molecule has 0 aliphatic carbocycles. The maximum absolute atomic E-state index is 4.61. The summed E-state index contributed by atoms with van der Waals surface area (Å²) in [4.78, 5) is 11.3. The van der Waals surface area contributed by atoms with Crippen LogP contribution in [-0.2, 0) is 13.1 Å². The Morgan fingerprint density at radius 2 is 2.10 bits per heavy atom. The van der Waals surface area contributed by atoms with Crippen LogP contribution in [0.25, 0.3) is 0 Å². The van der Waals surface area contributed by atoms with Crippen molar-refractivity contribution in [1.29, 1.82) is 0 Å². The van der Waals surface area contributed by atoms with E-state index in [4.69, 9.17) is 0 Å². The Labute approximate surface area is 118 Å². The second-order valence-electron chi connectivity index (χ2n) is 4.96. The molecule has 0 amide bonds. The molecular formula is C13H19N7. The minimum Gasteiger partial charge on any atom is -0.370 e. The zero-order chi connectivity index (χ0) is 14.1. The van der Waals surface area contributed by atoms with E-state index in [2.05, 4.69) is 48.8 Å². The molecule has 0 fully saturated rings. The smallest absolute Gasteiger partial charge is 0.152 e. The van der Waals surface area contributed by atoms with Crippen molar-refractivity contribution in [3.63, 3.8) is 0 Å². The second-order valence-corrected chi connectivity index (χ2v) is 4.96. The number of anilines is 2. The number of hydrogen-bond acceptors (Lipinski definition) is 6. The molecule has 1 aliphatic heterocycles. The van der Waals surface area contributed by atoms with Gasteiger partial charge in [0, 0.05) is 25.2 Å². The normalized spacial score (nSPS) is 14.2. The van der Waals surface area contributed by atoms with Crippen LogP contribution in [-0.4, -0.2) is 37.8 Å². The molecule has 106 valence electrons. The molecule has 20 heavy (non-hydrogen) atoms. The molecule has 3 rings (SSSR count). The molecule has 0 radical (unpaired) electrons. The molecule has 2 aromatic rings. The van der Waals surface area contributed by atoms with E-state index in [-0.39, 0.29) is 0 Å². The number of hydrogen-bond donors (Lipinski definition) is 1. The molecule has 0 bridgehead atoms. The summed E-state index contributed by atoms with van der Waals surface area (Å²) in [7, 11) is 0. The molecule has 2 aromatic heterocycles. The molecule has 0 unspecified atom stereocenters. The fraction of sp³-hybridized carbons (Fsp3) is 0.538. The molecule has 7 nitrogen and oxygen atoms in total. The van der Waals surface area contributed by atoms with Gasteiger partial charge < -0.3 is 14.8 Å². The second kappa shape index (κ2) is 5.07. The molecule has 1 aliphatic rings. The maximum Gasteiger partial charge on any atom is 0.152 e. The fourth-order valence-electron chi connectivity index (χ4n) is 2.51. The Hall–Kier alpha value is -2.18. The Balaban J connectivity index is 1.94. The highest BCUT2D eigenvalue weighted by atomic mass is 15.3. The van der Waals surface area contributed by atoms with Crippen molar-refractivity contribution in [2.24, 2.45) is 0 Å². The van der Waals surface area contributed by atoms with E-state index in [1.807, 2.05) is 6.92 Å². The van der Waals surface area contributed by atoms with E-state index in [1.165, 1.54) is 0 Å². The zero-order valence-electron chi connectivity index (χ0n) is 12.1. The monoisotopic (exact) mass is 273 g/mol. The van der Waals surface area contributed by atoms with Gasteiger partial charge in [0.25, 0.3) is 0 Å². The molecule has 0 spiro atoms. The molecule has 0 saturated carbocycles. The first kappa shape index (κ1) is 12.8. The zero-order valence-corrected chi connectivity index (χ0v) is 12.1. The standard InChI is InChI=1S/C13H19N7/c1-4-14-12-9(2)13(17-10(3)16-12)19-5-6-20-8-15-18-11(20)7-19/h8H,4-7H2,1-3H3,(H,14,16,17). The van der Waals surface area contributed by atoms with Crippen LogP contribution >= 0.6 is 0 Å². The van der Waals surface area contributed by atoms with Crippen molar-refractivity contribution in [3.8, 4) is 0 Å². The third-order valence-electron chi connectivity index (χ3n) is 3.51. The van der Waals surface area contributed by atoms with Crippen LogP contribution < -0.4 is 10.2 Å². The Morgan fingerprint density at radius 1 is 1.25 bits per heavy atom. The topological polar surface area (TPSA) is 71.8 Å². The molecule has 3 heterocycles. The first-order valence-electron chi connectivity index (χ1n) is 6.89. The third-order valence-corrected chi connectivity index (χ3v) is 3.51. The predicted octanol–water partition coefficient (Wildman–Crippen LogP) is 1.14. The summed E-state index contributed by atoms with van der Waals surface area (Å²) in [5, 5.41) is 11.4. The summed E-state index contributed by atoms with van der Waals surface area (Å²) in [5.41, 5.74) is 1.09. The number of rotatable bonds is 3. The lowest BCUT2D eigenvalue weighted by Gasteiger charge is -2.29. The van der Waals surface area contributed by atoms with Crippen molar-refractivity contribution in [2.75, 3.05) is 23.3 Å². The summed E-state index contributed by atoms with van der Waals surface area (Å²) in [6.45, 7) is 9.45. The van der Waals surface area contributed by atoms with Crippen LogP contribution in [0.1, 0.15) is 24.1 Å². The van der Waals surface area contributed by atoms with Crippen LogP contribution in [0.5, 0.6) is 0 Å². The summed E-state index contributed by atoms with van der Waals surface area (Å²) in [5.74, 6) is 3.68. The Bertz CT molecular complexity index is 619. The number of fused-ring (bicyclic) bond motifs is 1. The largest absolute Gasteiger partial charge is 0.370 e. The average Bonchev–Trinajstić information content (AvgIpc) is 2.90. The highest BCUT2D eigenvalue weighted by Gasteiger charge is 2.21. The first-order valence-corrected chi connectivity index (χ1v) is 6.89. The van der Waals surface area contributed by atoms with E-state index >= 15 is 0 Å². The van der Waals surface area contributed by atoms with E-state index in [1.54, 1.807) is 6.33 Å². The summed E-state index contributed by atoms with van der Waals surface area (Å²) in [6.07, 6.45) is 1.79. The van der Waals surface area contributed by atoms with Gasteiger partial charge in [0.05, 0.1) is 6.54 Å². The first-order chi connectivity index (χ1) is 9.69. The summed E-state index contributed by atoms with van der Waals surface area (Å²) < 4.78 is 2.09. The lowest BCUT2D eigenvalue weighted by molar-refractivity contribution is 0.554. The Kier molecular flexibility index (Phi) is 3.25. The van der Waals surface area contributed by atoms with Gasteiger partial charge in [0.1, 0.15) is 23.8 Å². The summed E-state index contributed by atoms with van der Waals surface area (Å²) >= 11 is 0. The molecule has 0 saturated heterocycles. The van der Waals surface area contributed by atoms with E-state index < -0.39 is 0 Å². The average molecular weight is 273 g/mol. The number of nitrogens with zero attached hydrogens (tertiary/aromatic N) is 6. The van der Waals surface area contributed by atoms with Crippen LogP contribution in [0.2, 0.25) is 0 Å². The number of aryl methyl sites for hydroxylation is 1. The van der Waals surface area contributed by atoms with Crippen LogP contribution in [0.15, 0.2) is 6.33 Å². The van der Waals surface area contributed by atoms with Gasteiger partial charge in [0.15, 0.2) is 5.82 Å². The van der Waals surface area contributed by atoms with Gasteiger partial charge in [0.2, 0.25) is 0 Å². The molecule has 7 heteroatoms. The SMILES string of the molecule is CCNc1nc(C)nc(N2CCn3cnnc3C2)c1C.